The molecule has 2 nitrogen and oxygen atoms in total. The van der Waals surface area contributed by atoms with Crippen LogP contribution >= 0.6 is 0 Å². The monoisotopic (exact) mass is 321 g/mol. The van der Waals surface area contributed by atoms with Gasteiger partial charge in [0, 0.05) is 18.5 Å². The van der Waals surface area contributed by atoms with Gasteiger partial charge in [-0.25, -0.2) is 0 Å². The highest BCUT2D eigenvalue weighted by molar-refractivity contribution is 5.87. The van der Waals surface area contributed by atoms with Gasteiger partial charge in [-0.3, -0.25) is 4.79 Å². The number of benzene rings is 1. The number of halogens is 3. The number of amides is 1. The van der Waals surface area contributed by atoms with Crippen molar-refractivity contribution in [2.75, 3.05) is 13.1 Å². The van der Waals surface area contributed by atoms with Gasteiger partial charge in [0.25, 0.3) is 0 Å². The maximum Gasteiger partial charge on any atom is 0.416 e. The normalized spacial score (nSPS) is 20.0. The molecule has 5 heteroatoms. The van der Waals surface area contributed by atoms with Crippen LogP contribution in [0.15, 0.2) is 43.0 Å². The van der Waals surface area contributed by atoms with Crippen LogP contribution in [0.3, 0.4) is 0 Å². The Balaban J connectivity index is 1.66. The van der Waals surface area contributed by atoms with Gasteiger partial charge in [-0.15, -0.1) is 0 Å². The second-order valence-electron chi connectivity index (χ2n) is 6.41. The standard InChI is InChI=1S/C18H18F3NO/c1-2-16(23)22-11-17(12-22)9-7-14(8-10-17)13-3-5-15(6-4-13)18(19,20)21/h2-7H,1,8-12H2. The quantitative estimate of drug-likeness (QED) is 0.744. The smallest absolute Gasteiger partial charge is 0.338 e. The first-order chi connectivity index (χ1) is 10.8. The minimum absolute atomic E-state index is 0.0341. The van der Waals surface area contributed by atoms with Gasteiger partial charge in [0.2, 0.25) is 5.91 Å². The van der Waals surface area contributed by atoms with Crippen molar-refractivity contribution in [2.45, 2.75) is 25.4 Å². The number of alkyl halides is 3. The first kappa shape index (κ1) is 15.8. The van der Waals surface area contributed by atoms with Gasteiger partial charge in [0.15, 0.2) is 0 Å². The third kappa shape index (κ3) is 3.05. The molecule has 0 saturated carbocycles. The number of likely N-dealkylation sites (tertiary alicyclic amines) is 1. The minimum Gasteiger partial charge on any atom is -0.338 e. The molecule has 0 aromatic heterocycles. The number of hydrogen-bond donors (Lipinski definition) is 0. The lowest BCUT2D eigenvalue weighted by molar-refractivity contribution is -0.138. The molecule has 1 amide bonds. The summed E-state index contributed by atoms with van der Waals surface area (Å²) in [6.45, 7) is 4.98. The van der Waals surface area contributed by atoms with E-state index in [1.54, 1.807) is 17.0 Å². The molecule has 0 unspecified atom stereocenters. The van der Waals surface area contributed by atoms with E-state index >= 15 is 0 Å². The average molecular weight is 321 g/mol. The largest absolute Gasteiger partial charge is 0.416 e. The van der Waals surface area contributed by atoms with Crippen LogP contribution in [0, 0.1) is 5.41 Å². The summed E-state index contributed by atoms with van der Waals surface area (Å²) >= 11 is 0. The zero-order chi connectivity index (χ0) is 16.7. The van der Waals surface area contributed by atoms with Gasteiger partial charge in [-0.2, -0.15) is 13.2 Å². The fourth-order valence-electron chi connectivity index (χ4n) is 3.41. The molecule has 2 aliphatic rings. The molecule has 0 N–H and O–H groups in total. The minimum atomic E-state index is -4.30. The van der Waals surface area contributed by atoms with Crippen molar-refractivity contribution < 1.29 is 18.0 Å². The van der Waals surface area contributed by atoms with E-state index in [9.17, 15) is 18.0 Å². The molecule has 0 atom stereocenters. The summed E-state index contributed by atoms with van der Waals surface area (Å²) in [5.74, 6) is -0.0341. The average Bonchev–Trinajstić information content (AvgIpc) is 2.51. The molecule has 122 valence electrons. The second kappa shape index (κ2) is 5.55. The molecule has 0 radical (unpaired) electrons. The fourth-order valence-corrected chi connectivity index (χ4v) is 3.41. The summed E-state index contributed by atoms with van der Waals surface area (Å²) in [7, 11) is 0. The van der Waals surface area contributed by atoms with Crippen LogP contribution in [0.4, 0.5) is 13.2 Å². The number of carbonyl (C=O) groups excluding carboxylic acids is 1. The number of allylic oxidation sites excluding steroid dienone is 2. The van der Waals surface area contributed by atoms with Crippen molar-refractivity contribution in [1.82, 2.24) is 4.90 Å². The molecule has 1 aromatic carbocycles. The number of hydrogen-bond acceptors (Lipinski definition) is 1. The lowest BCUT2D eigenvalue weighted by Crippen LogP contribution is -2.58. The Morgan fingerprint density at radius 3 is 2.35 bits per heavy atom. The molecule has 1 aliphatic heterocycles. The zero-order valence-corrected chi connectivity index (χ0v) is 12.7. The van der Waals surface area contributed by atoms with Crippen LogP contribution in [0.2, 0.25) is 0 Å². The first-order valence-corrected chi connectivity index (χ1v) is 7.61. The fraction of sp³-hybridized carbons (Fsp3) is 0.389. The van der Waals surface area contributed by atoms with Gasteiger partial charge >= 0.3 is 6.18 Å². The zero-order valence-electron chi connectivity index (χ0n) is 12.7. The Morgan fingerprint density at radius 2 is 1.87 bits per heavy atom. The summed E-state index contributed by atoms with van der Waals surface area (Å²) in [5, 5.41) is 0. The Labute approximate surface area is 133 Å². The summed E-state index contributed by atoms with van der Waals surface area (Å²) < 4.78 is 37.8. The Bertz CT molecular complexity index is 652. The maximum atomic E-state index is 12.6. The lowest BCUT2D eigenvalue weighted by Gasteiger charge is -2.51. The summed E-state index contributed by atoms with van der Waals surface area (Å²) in [5.41, 5.74) is 1.48. The Morgan fingerprint density at radius 1 is 1.22 bits per heavy atom. The van der Waals surface area contributed by atoms with E-state index in [0.29, 0.717) is 0 Å². The molecule has 1 spiro atoms. The predicted molar refractivity (Wildman–Crippen MR) is 82.5 cm³/mol. The molecule has 23 heavy (non-hydrogen) atoms. The molecule has 1 heterocycles. The second-order valence-corrected chi connectivity index (χ2v) is 6.41. The summed E-state index contributed by atoms with van der Waals surface area (Å²) in [4.78, 5) is 13.3. The van der Waals surface area contributed by atoms with E-state index < -0.39 is 11.7 Å². The number of nitrogens with zero attached hydrogens (tertiary/aromatic N) is 1. The highest BCUT2D eigenvalue weighted by atomic mass is 19.4. The third-order valence-electron chi connectivity index (χ3n) is 4.83. The van der Waals surface area contributed by atoms with Crippen molar-refractivity contribution in [3.8, 4) is 0 Å². The highest BCUT2D eigenvalue weighted by Crippen LogP contribution is 2.45. The molecule has 1 aromatic rings. The molecule has 1 aliphatic carbocycles. The lowest BCUT2D eigenvalue weighted by atomic mass is 9.68. The van der Waals surface area contributed by atoms with Crippen molar-refractivity contribution in [3.05, 3.63) is 54.1 Å². The van der Waals surface area contributed by atoms with Crippen LogP contribution in [-0.4, -0.2) is 23.9 Å². The van der Waals surface area contributed by atoms with Crippen molar-refractivity contribution in [1.29, 1.82) is 0 Å². The van der Waals surface area contributed by atoms with Crippen LogP contribution in [0.25, 0.3) is 5.57 Å². The topological polar surface area (TPSA) is 20.3 Å². The molecular formula is C18H18F3NO. The SMILES string of the molecule is C=CC(=O)N1CC2(CC=C(c3ccc(C(F)(F)F)cc3)CC2)C1. The van der Waals surface area contributed by atoms with Crippen LogP contribution in [0.1, 0.15) is 30.4 Å². The van der Waals surface area contributed by atoms with Gasteiger partial charge in [0.05, 0.1) is 5.56 Å². The van der Waals surface area contributed by atoms with Crippen LogP contribution in [0.5, 0.6) is 0 Å². The molecule has 1 saturated heterocycles. The van der Waals surface area contributed by atoms with E-state index in [-0.39, 0.29) is 11.3 Å². The van der Waals surface area contributed by atoms with Crippen molar-refractivity contribution in [3.63, 3.8) is 0 Å². The van der Waals surface area contributed by atoms with Crippen LogP contribution < -0.4 is 0 Å². The maximum absolute atomic E-state index is 12.6. The first-order valence-electron chi connectivity index (χ1n) is 7.61. The molecular weight excluding hydrogens is 303 g/mol. The molecule has 1 fully saturated rings. The highest BCUT2D eigenvalue weighted by Gasteiger charge is 2.44. The van der Waals surface area contributed by atoms with E-state index in [2.05, 4.69) is 12.7 Å². The Hall–Kier alpha value is -2.04. The number of rotatable bonds is 2. The summed E-state index contributed by atoms with van der Waals surface area (Å²) in [6, 6.07) is 5.35. The van der Waals surface area contributed by atoms with Crippen molar-refractivity contribution in [2.24, 2.45) is 5.41 Å². The van der Waals surface area contributed by atoms with E-state index in [1.807, 2.05) is 0 Å². The van der Waals surface area contributed by atoms with E-state index in [1.165, 1.54) is 6.08 Å². The van der Waals surface area contributed by atoms with Gasteiger partial charge in [-0.05, 0) is 48.6 Å². The van der Waals surface area contributed by atoms with Crippen LogP contribution in [-0.2, 0) is 11.0 Å². The Kier molecular flexibility index (Phi) is 3.82. The van der Waals surface area contributed by atoms with E-state index in [4.69, 9.17) is 0 Å². The van der Waals surface area contributed by atoms with Gasteiger partial charge in [-0.1, -0.05) is 24.8 Å². The molecule has 0 bridgehead atoms. The summed E-state index contributed by atoms with van der Waals surface area (Å²) in [6.07, 6.45) is 1.81. The van der Waals surface area contributed by atoms with Gasteiger partial charge < -0.3 is 4.90 Å². The van der Waals surface area contributed by atoms with Gasteiger partial charge in [0.1, 0.15) is 0 Å². The third-order valence-corrected chi connectivity index (χ3v) is 4.83. The van der Waals surface area contributed by atoms with E-state index in [0.717, 1.165) is 55.6 Å². The number of carbonyl (C=O) groups is 1. The van der Waals surface area contributed by atoms with Crippen molar-refractivity contribution >= 4 is 11.5 Å². The predicted octanol–water partition coefficient (Wildman–Crippen LogP) is 4.29. The molecule has 3 rings (SSSR count).